The summed E-state index contributed by atoms with van der Waals surface area (Å²) in [5.41, 5.74) is 6.21. The smallest absolute Gasteiger partial charge is 0.251 e. The van der Waals surface area contributed by atoms with Crippen LogP contribution in [-0.4, -0.2) is 25.6 Å². The summed E-state index contributed by atoms with van der Waals surface area (Å²) in [6, 6.07) is 7.19. The van der Waals surface area contributed by atoms with Gasteiger partial charge in [0.05, 0.1) is 6.61 Å². The van der Waals surface area contributed by atoms with E-state index >= 15 is 0 Å². The van der Waals surface area contributed by atoms with Crippen LogP contribution in [0, 0.1) is 5.92 Å². The van der Waals surface area contributed by atoms with Crippen molar-refractivity contribution in [1.29, 1.82) is 0 Å². The number of ether oxygens (including phenoxy) is 1. The first-order valence-electron chi connectivity index (χ1n) is 6.88. The van der Waals surface area contributed by atoms with Gasteiger partial charge >= 0.3 is 0 Å². The quantitative estimate of drug-likeness (QED) is 0.707. The SMILES string of the molecule is CCOc1ccc(C(=O)NCCCC(C)CN)cc1. The van der Waals surface area contributed by atoms with Crippen LogP contribution in [0.3, 0.4) is 0 Å². The van der Waals surface area contributed by atoms with Gasteiger partial charge in [0.2, 0.25) is 0 Å². The van der Waals surface area contributed by atoms with E-state index in [4.69, 9.17) is 10.5 Å². The summed E-state index contributed by atoms with van der Waals surface area (Å²) < 4.78 is 5.33. The third-order valence-electron chi connectivity index (χ3n) is 2.99. The van der Waals surface area contributed by atoms with Crippen LogP contribution in [0.15, 0.2) is 24.3 Å². The normalized spacial score (nSPS) is 11.9. The molecule has 106 valence electrons. The summed E-state index contributed by atoms with van der Waals surface area (Å²) in [6.07, 6.45) is 2.00. The van der Waals surface area contributed by atoms with E-state index in [-0.39, 0.29) is 5.91 Å². The number of carbonyl (C=O) groups is 1. The molecule has 1 aromatic carbocycles. The number of nitrogens with one attached hydrogen (secondary N) is 1. The molecule has 0 radical (unpaired) electrons. The number of hydrogen-bond acceptors (Lipinski definition) is 3. The molecule has 0 heterocycles. The molecule has 1 aromatic rings. The lowest BCUT2D eigenvalue weighted by Gasteiger charge is -2.09. The second-order valence-corrected chi connectivity index (χ2v) is 4.70. The summed E-state index contributed by atoms with van der Waals surface area (Å²) in [5, 5.41) is 2.91. The molecule has 0 aliphatic rings. The van der Waals surface area contributed by atoms with Gasteiger partial charge < -0.3 is 15.8 Å². The van der Waals surface area contributed by atoms with E-state index in [0.717, 1.165) is 18.6 Å². The molecule has 1 unspecified atom stereocenters. The van der Waals surface area contributed by atoms with E-state index in [1.165, 1.54) is 0 Å². The Morgan fingerprint density at radius 1 is 1.37 bits per heavy atom. The van der Waals surface area contributed by atoms with Gasteiger partial charge in [-0.25, -0.2) is 0 Å². The van der Waals surface area contributed by atoms with E-state index in [0.29, 0.717) is 31.2 Å². The molecule has 3 N–H and O–H groups in total. The van der Waals surface area contributed by atoms with Crippen LogP contribution in [0.1, 0.15) is 37.0 Å². The number of benzene rings is 1. The Morgan fingerprint density at radius 3 is 2.63 bits per heavy atom. The minimum atomic E-state index is -0.0385. The van der Waals surface area contributed by atoms with Crippen molar-refractivity contribution in [3.8, 4) is 5.75 Å². The Hall–Kier alpha value is -1.55. The van der Waals surface area contributed by atoms with Crippen molar-refractivity contribution in [2.45, 2.75) is 26.7 Å². The molecule has 0 saturated heterocycles. The molecule has 19 heavy (non-hydrogen) atoms. The number of carbonyl (C=O) groups excluding carboxylic acids is 1. The first kappa shape index (κ1) is 15.5. The topological polar surface area (TPSA) is 64.3 Å². The van der Waals surface area contributed by atoms with E-state index in [9.17, 15) is 4.79 Å². The van der Waals surface area contributed by atoms with Gasteiger partial charge in [0.15, 0.2) is 0 Å². The molecule has 1 rings (SSSR count). The fourth-order valence-electron chi connectivity index (χ4n) is 1.74. The molecular weight excluding hydrogens is 240 g/mol. The van der Waals surface area contributed by atoms with Gasteiger partial charge in [0.25, 0.3) is 5.91 Å². The largest absolute Gasteiger partial charge is 0.494 e. The minimum absolute atomic E-state index is 0.0385. The predicted octanol–water partition coefficient (Wildman–Crippen LogP) is 2.19. The van der Waals surface area contributed by atoms with Crippen molar-refractivity contribution in [2.24, 2.45) is 11.7 Å². The fourth-order valence-corrected chi connectivity index (χ4v) is 1.74. The summed E-state index contributed by atoms with van der Waals surface area (Å²) in [5.74, 6) is 1.27. The summed E-state index contributed by atoms with van der Waals surface area (Å²) >= 11 is 0. The molecule has 0 aromatic heterocycles. The molecule has 1 atom stereocenters. The highest BCUT2D eigenvalue weighted by Gasteiger charge is 2.05. The van der Waals surface area contributed by atoms with Crippen molar-refractivity contribution in [2.75, 3.05) is 19.7 Å². The maximum absolute atomic E-state index is 11.9. The van der Waals surface area contributed by atoms with E-state index in [1.54, 1.807) is 12.1 Å². The third kappa shape index (κ3) is 5.75. The molecule has 0 aliphatic carbocycles. The van der Waals surface area contributed by atoms with Crippen LogP contribution in [0.25, 0.3) is 0 Å². The van der Waals surface area contributed by atoms with E-state index in [1.807, 2.05) is 19.1 Å². The van der Waals surface area contributed by atoms with Gasteiger partial charge in [-0.3, -0.25) is 4.79 Å². The zero-order valence-electron chi connectivity index (χ0n) is 11.8. The molecule has 0 saturated carbocycles. The average molecular weight is 264 g/mol. The van der Waals surface area contributed by atoms with Crippen LogP contribution in [0.4, 0.5) is 0 Å². The second kappa shape index (κ2) is 8.53. The number of hydrogen-bond donors (Lipinski definition) is 2. The van der Waals surface area contributed by atoms with Crippen molar-refractivity contribution >= 4 is 5.91 Å². The standard InChI is InChI=1S/C15H24N2O2/c1-3-19-14-8-6-13(7-9-14)15(18)17-10-4-5-12(2)11-16/h6-9,12H,3-5,10-11,16H2,1-2H3,(H,17,18). The molecule has 1 amide bonds. The maximum Gasteiger partial charge on any atom is 0.251 e. The van der Waals surface area contributed by atoms with Gasteiger partial charge in [0.1, 0.15) is 5.75 Å². The number of nitrogens with two attached hydrogens (primary N) is 1. The van der Waals surface area contributed by atoms with Crippen molar-refractivity contribution < 1.29 is 9.53 Å². The van der Waals surface area contributed by atoms with Gasteiger partial charge in [-0.05, 0) is 56.5 Å². The summed E-state index contributed by atoms with van der Waals surface area (Å²) in [4.78, 5) is 11.9. The number of rotatable bonds is 8. The van der Waals surface area contributed by atoms with E-state index in [2.05, 4.69) is 12.2 Å². The molecule has 0 bridgehead atoms. The Labute approximate surface area is 115 Å². The van der Waals surface area contributed by atoms with Crippen LogP contribution in [0.5, 0.6) is 5.75 Å². The van der Waals surface area contributed by atoms with Crippen LogP contribution >= 0.6 is 0 Å². The monoisotopic (exact) mass is 264 g/mol. The Bertz CT molecular complexity index is 376. The lowest BCUT2D eigenvalue weighted by Crippen LogP contribution is -2.25. The van der Waals surface area contributed by atoms with Crippen molar-refractivity contribution in [3.05, 3.63) is 29.8 Å². The van der Waals surface area contributed by atoms with Gasteiger partial charge in [-0.1, -0.05) is 6.92 Å². The number of amides is 1. The van der Waals surface area contributed by atoms with Gasteiger partial charge in [-0.2, -0.15) is 0 Å². The predicted molar refractivity (Wildman–Crippen MR) is 77.4 cm³/mol. The summed E-state index contributed by atoms with van der Waals surface area (Å²) in [7, 11) is 0. The zero-order valence-corrected chi connectivity index (χ0v) is 11.8. The molecule has 0 fully saturated rings. The molecule has 4 nitrogen and oxygen atoms in total. The Balaban J connectivity index is 2.33. The molecule has 4 heteroatoms. The zero-order chi connectivity index (χ0) is 14.1. The average Bonchev–Trinajstić information content (AvgIpc) is 2.44. The maximum atomic E-state index is 11.9. The highest BCUT2D eigenvalue weighted by Crippen LogP contribution is 2.12. The Kier molecular flexibility index (Phi) is 6.97. The lowest BCUT2D eigenvalue weighted by molar-refractivity contribution is 0.0952. The summed E-state index contributed by atoms with van der Waals surface area (Å²) in [6.45, 7) is 6.07. The van der Waals surface area contributed by atoms with Crippen LogP contribution in [-0.2, 0) is 0 Å². The minimum Gasteiger partial charge on any atom is -0.494 e. The highest BCUT2D eigenvalue weighted by atomic mass is 16.5. The molecule has 0 spiro atoms. The third-order valence-corrected chi connectivity index (χ3v) is 2.99. The molecule has 0 aliphatic heterocycles. The lowest BCUT2D eigenvalue weighted by atomic mass is 10.1. The fraction of sp³-hybridized carbons (Fsp3) is 0.533. The van der Waals surface area contributed by atoms with Crippen molar-refractivity contribution in [1.82, 2.24) is 5.32 Å². The van der Waals surface area contributed by atoms with Gasteiger partial charge in [-0.15, -0.1) is 0 Å². The Morgan fingerprint density at radius 2 is 2.05 bits per heavy atom. The second-order valence-electron chi connectivity index (χ2n) is 4.70. The van der Waals surface area contributed by atoms with Gasteiger partial charge in [0, 0.05) is 12.1 Å². The highest BCUT2D eigenvalue weighted by molar-refractivity contribution is 5.94. The first-order chi connectivity index (χ1) is 9.17. The van der Waals surface area contributed by atoms with Crippen LogP contribution < -0.4 is 15.8 Å². The molecular formula is C15H24N2O2. The van der Waals surface area contributed by atoms with Crippen molar-refractivity contribution in [3.63, 3.8) is 0 Å². The van der Waals surface area contributed by atoms with Crippen LogP contribution in [0.2, 0.25) is 0 Å². The van der Waals surface area contributed by atoms with E-state index < -0.39 is 0 Å². The first-order valence-corrected chi connectivity index (χ1v) is 6.88.